The van der Waals surface area contributed by atoms with Gasteiger partial charge in [-0.25, -0.2) is 0 Å². The lowest BCUT2D eigenvalue weighted by molar-refractivity contribution is -0.120. The van der Waals surface area contributed by atoms with Gasteiger partial charge in [-0.15, -0.1) is 0 Å². The second-order valence-electron chi connectivity index (χ2n) is 5.80. The van der Waals surface area contributed by atoms with Crippen LogP contribution < -0.4 is 10.9 Å². The summed E-state index contributed by atoms with van der Waals surface area (Å²) < 4.78 is 2.30. The third-order valence-corrected chi connectivity index (χ3v) is 4.35. The number of carbonyl (C=O) groups excluding carboxylic acids is 1. The Labute approximate surface area is 161 Å². The molecule has 0 aliphatic heterocycles. The van der Waals surface area contributed by atoms with Gasteiger partial charge in [-0.1, -0.05) is 47.5 Å². The Morgan fingerprint density at radius 2 is 2.04 bits per heavy atom. The monoisotopic (exact) mass is 387 g/mol. The van der Waals surface area contributed by atoms with Gasteiger partial charge in [0, 0.05) is 23.6 Å². The summed E-state index contributed by atoms with van der Waals surface area (Å²) in [7, 11) is 0. The predicted molar refractivity (Wildman–Crippen MR) is 105 cm³/mol. The van der Waals surface area contributed by atoms with Gasteiger partial charge in [-0.05, 0) is 37.3 Å². The third kappa shape index (κ3) is 4.50. The number of anilines is 1. The average Bonchev–Trinajstić information content (AvgIpc) is 2.99. The molecule has 134 valence electrons. The summed E-state index contributed by atoms with van der Waals surface area (Å²) in [5, 5.41) is 7.67. The minimum Gasteiger partial charge on any atom is -0.300 e. The molecule has 8 heteroatoms. The second-order valence-corrected chi connectivity index (χ2v) is 6.63. The summed E-state index contributed by atoms with van der Waals surface area (Å²) in [6, 6.07) is 15.1. The van der Waals surface area contributed by atoms with Crippen LogP contribution in [0.5, 0.6) is 0 Å². The van der Waals surface area contributed by atoms with E-state index in [0.717, 1.165) is 5.56 Å². The number of aromatic nitrogens is 3. The molecular weight excluding hydrogens is 370 g/mol. The van der Waals surface area contributed by atoms with E-state index in [2.05, 4.69) is 21.0 Å². The number of aryl methyl sites for hydroxylation is 1. The van der Waals surface area contributed by atoms with E-state index >= 15 is 0 Å². The molecule has 3 rings (SSSR count). The number of benzene rings is 2. The number of amides is 1. The molecule has 3 aromatic rings. The van der Waals surface area contributed by atoms with Gasteiger partial charge < -0.3 is 0 Å². The molecule has 0 saturated carbocycles. The van der Waals surface area contributed by atoms with E-state index in [1.165, 1.54) is 5.56 Å². The van der Waals surface area contributed by atoms with Crippen molar-refractivity contribution in [3.63, 3.8) is 0 Å². The van der Waals surface area contributed by atoms with Crippen LogP contribution in [0.1, 0.15) is 12.0 Å². The first-order valence-corrected chi connectivity index (χ1v) is 8.84. The number of rotatable bonds is 6. The first-order valence-electron chi connectivity index (χ1n) is 8.05. The highest BCUT2D eigenvalue weighted by Crippen LogP contribution is 2.18. The first-order chi connectivity index (χ1) is 12.5. The highest BCUT2D eigenvalue weighted by molar-refractivity contribution is 7.71. The molecule has 0 unspecified atom stereocenters. The number of hydrogen-bond acceptors (Lipinski definition) is 4. The highest BCUT2D eigenvalue weighted by atomic mass is 35.5. The second kappa shape index (κ2) is 8.16. The quantitative estimate of drug-likeness (QED) is 0.439. The molecule has 1 amide bonds. The fraction of sp³-hybridized carbons (Fsp3) is 0.167. The fourth-order valence-electron chi connectivity index (χ4n) is 2.43. The van der Waals surface area contributed by atoms with Gasteiger partial charge in [0.25, 0.3) is 0 Å². The number of hydrazine groups is 1. The van der Waals surface area contributed by atoms with Crippen LogP contribution in [-0.2, 0) is 11.3 Å². The number of halogens is 1. The summed E-state index contributed by atoms with van der Waals surface area (Å²) >= 11 is 11.2. The zero-order valence-corrected chi connectivity index (χ0v) is 15.7. The molecule has 0 radical (unpaired) electrons. The number of carbonyl (C=O) groups is 1. The molecular formula is C18H18ClN5OS. The molecule has 1 aromatic heterocycles. The Kier molecular flexibility index (Phi) is 5.70. The molecule has 0 bridgehead atoms. The maximum absolute atomic E-state index is 12.1. The minimum atomic E-state index is -0.164. The zero-order valence-electron chi connectivity index (χ0n) is 14.1. The van der Waals surface area contributed by atoms with Crippen molar-refractivity contribution in [1.82, 2.24) is 20.2 Å². The smallest absolute Gasteiger partial charge is 0.240 e. The van der Waals surface area contributed by atoms with E-state index in [0.29, 0.717) is 27.9 Å². The number of nitrogens with zero attached hydrogens (tertiary/aromatic N) is 2. The van der Waals surface area contributed by atoms with Gasteiger partial charge in [0.05, 0.1) is 5.69 Å². The van der Waals surface area contributed by atoms with Crippen LogP contribution in [0.4, 0.5) is 5.69 Å². The molecule has 0 aliphatic rings. The Morgan fingerprint density at radius 3 is 2.77 bits per heavy atom. The molecule has 26 heavy (non-hydrogen) atoms. The lowest BCUT2D eigenvalue weighted by atomic mass is 10.1. The number of aromatic amines is 1. The van der Waals surface area contributed by atoms with Gasteiger partial charge in [-0.3, -0.25) is 25.3 Å². The molecule has 0 aliphatic carbocycles. The van der Waals surface area contributed by atoms with Crippen molar-refractivity contribution < 1.29 is 4.79 Å². The van der Waals surface area contributed by atoms with Crippen LogP contribution in [0.25, 0.3) is 11.4 Å². The Hall–Kier alpha value is -2.64. The van der Waals surface area contributed by atoms with Crippen LogP contribution in [0.3, 0.4) is 0 Å². The van der Waals surface area contributed by atoms with Gasteiger partial charge >= 0.3 is 0 Å². The van der Waals surface area contributed by atoms with Crippen LogP contribution >= 0.6 is 23.8 Å². The SMILES string of the molecule is Cc1ccc(-c2n[nH]c(=S)n2CCC(=O)NNc2cccc(Cl)c2)cc1. The van der Waals surface area contributed by atoms with Crippen molar-refractivity contribution in [3.8, 4) is 11.4 Å². The van der Waals surface area contributed by atoms with E-state index in [-0.39, 0.29) is 12.3 Å². The lowest BCUT2D eigenvalue weighted by Crippen LogP contribution is -2.30. The van der Waals surface area contributed by atoms with E-state index < -0.39 is 0 Å². The van der Waals surface area contributed by atoms with Crippen LogP contribution in [0, 0.1) is 11.7 Å². The van der Waals surface area contributed by atoms with E-state index in [9.17, 15) is 4.79 Å². The molecule has 6 nitrogen and oxygen atoms in total. The molecule has 1 heterocycles. The van der Waals surface area contributed by atoms with E-state index in [1.807, 2.05) is 41.8 Å². The maximum atomic E-state index is 12.1. The molecule has 0 atom stereocenters. The van der Waals surface area contributed by atoms with Gasteiger partial charge in [0.15, 0.2) is 10.6 Å². The van der Waals surface area contributed by atoms with Crippen molar-refractivity contribution in [2.75, 3.05) is 5.43 Å². The van der Waals surface area contributed by atoms with Crippen LogP contribution in [0.2, 0.25) is 5.02 Å². The Morgan fingerprint density at radius 1 is 1.27 bits per heavy atom. The minimum absolute atomic E-state index is 0.164. The fourth-order valence-corrected chi connectivity index (χ4v) is 2.85. The molecule has 0 saturated heterocycles. The van der Waals surface area contributed by atoms with Crippen molar-refractivity contribution in [2.45, 2.75) is 19.9 Å². The number of hydrogen-bond donors (Lipinski definition) is 3. The maximum Gasteiger partial charge on any atom is 0.240 e. The Balaban J connectivity index is 1.62. The standard InChI is InChI=1S/C18H18ClN5OS/c1-12-5-7-13(8-6-12)17-22-23-18(26)24(17)10-9-16(25)21-20-15-4-2-3-14(19)11-15/h2-8,11,20H,9-10H2,1H3,(H,21,25)(H,23,26). The van der Waals surface area contributed by atoms with Gasteiger partial charge in [-0.2, -0.15) is 5.10 Å². The van der Waals surface area contributed by atoms with E-state index in [4.69, 9.17) is 23.8 Å². The highest BCUT2D eigenvalue weighted by Gasteiger charge is 2.10. The molecule has 0 spiro atoms. The average molecular weight is 388 g/mol. The summed E-state index contributed by atoms with van der Waals surface area (Å²) in [5.41, 5.74) is 8.32. The topological polar surface area (TPSA) is 74.7 Å². The summed E-state index contributed by atoms with van der Waals surface area (Å²) in [5.74, 6) is 0.550. The third-order valence-electron chi connectivity index (χ3n) is 3.80. The number of H-pyrrole nitrogens is 1. The number of nitrogens with one attached hydrogen (secondary N) is 3. The van der Waals surface area contributed by atoms with Crippen molar-refractivity contribution >= 4 is 35.4 Å². The largest absolute Gasteiger partial charge is 0.300 e. The summed E-state index contributed by atoms with van der Waals surface area (Å²) in [6.45, 7) is 2.44. The van der Waals surface area contributed by atoms with E-state index in [1.54, 1.807) is 18.2 Å². The van der Waals surface area contributed by atoms with Gasteiger partial charge in [0.1, 0.15) is 0 Å². The molecule has 3 N–H and O–H groups in total. The van der Waals surface area contributed by atoms with Crippen LogP contribution in [0.15, 0.2) is 48.5 Å². The molecule has 2 aromatic carbocycles. The van der Waals surface area contributed by atoms with Crippen molar-refractivity contribution in [1.29, 1.82) is 0 Å². The van der Waals surface area contributed by atoms with Crippen molar-refractivity contribution in [3.05, 3.63) is 63.9 Å². The van der Waals surface area contributed by atoms with Gasteiger partial charge in [0.2, 0.25) is 5.91 Å². The van der Waals surface area contributed by atoms with Crippen molar-refractivity contribution in [2.24, 2.45) is 0 Å². The van der Waals surface area contributed by atoms with Crippen LogP contribution in [-0.4, -0.2) is 20.7 Å². The zero-order chi connectivity index (χ0) is 18.5. The Bertz CT molecular complexity index is 964. The molecule has 0 fully saturated rings. The first kappa shape index (κ1) is 18.2. The summed E-state index contributed by atoms with van der Waals surface area (Å²) in [4.78, 5) is 12.1. The lowest BCUT2D eigenvalue weighted by Gasteiger charge is -2.10. The summed E-state index contributed by atoms with van der Waals surface area (Å²) in [6.07, 6.45) is 0.250. The predicted octanol–water partition coefficient (Wildman–Crippen LogP) is 4.10. The normalized spacial score (nSPS) is 10.5.